The van der Waals surface area contributed by atoms with Gasteiger partial charge in [-0.2, -0.15) is 0 Å². The van der Waals surface area contributed by atoms with Gasteiger partial charge in [0.05, 0.1) is 10.7 Å². The standard InChI is InChI=1S/C14H16Cl4N2O/c1-9-4-6-20(7-5-9)12-3-2-10(8-11(12)15)19-13(21)14(16,17)18/h2-3,8-9H,4-7H2,1H3,(H,19,21). The number of piperidine rings is 1. The maximum Gasteiger partial charge on any atom is 0.276 e. The van der Waals surface area contributed by atoms with Gasteiger partial charge in [-0.15, -0.1) is 0 Å². The molecule has 1 aromatic carbocycles. The first-order chi connectivity index (χ1) is 9.77. The number of alkyl halides is 3. The van der Waals surface area contributed by atoms with E-state index in [4.69, 9.17) is 46.4 Å². The molecule has 1 saturated heterocycles. The Labute approximate surface area is 144 Å². The second kappa shape index (κ2) is 6.82. The third-order valence-electron chi connectivity index (χ3n) is 3.59. The van der Waals surface area contributed by atoms with Crippen molar-refractivity contribution in [2.24, 2.45) is 5.92 Å². The van der Waals surface area contributed by atoms with Gasteiger partial charge in [0.25, 0.3) is 9.70 Å². The van der Waals surface area contributed by atoms with Crippen LogP contribution in [0.25, 0.3) is 0 Å². The van der Waals surface area contributed by atoms with Gasteiger partial charge in [-0.1, -0.05) is 53.3 Å². The molecule has 0 aromatic heterocycles. The number of nitrogens with zero attached hydrogens (tertiary/aromatic N) is 1. The topological polar surface area (TPSA) is 32.3 Å². The Kier molecular flexibility index (Phi) is 5.53. The molecule has 0 atom stereocenters. The van der Waals surface area contributed by atoms with Gasteiger partial charge in [-0.25, -0.2) is 0 Å². The van der Waals surface area contributed by atoms with Crippen molar-refractivity contribution in [3.63, 3.8) is 0 Å². The van der Waals surface area contributed by atoms with E-state index in [2.05, 4.69) is 17.1 Å². The molecule has 0 radical (unpaired) electrons. The van der Waals surface area contributed by atoms with Crippen LogP contribution in [-0.4, -0.2) is 22.8 Å². The number of nitrogens with one attached hydrogen (secondary N) is 1. The predicted octanol–water partition coefficient (Wildman–Crippen LogP) is 4.89. The van der Waals surface area contributed by atoms with Crippen LogP contribution in [0.5, 0.6) is 0 Å². The molecule has 7 heteroatoms. The fourth-order valence-corrected chi connectivity index (χ4v) is 2.73. The summed E-state index contributed by atoms with van der Waals surface area (Å²) in [6.45, 7) is 4.23. The van der Waals surface area contributed by atoms with Crippen LogP contribution in [0.3, 0.4) is 0 Å². The van der Waals surface area contributed by atoms with E-state index in [0.29, 0.717) is 10.7 Å². The Morgan fingerprint density at radius 3 is 2.43 bits per heavy atom. The summed E-state index contributed by atoms with van der Waals surface area (Å²) >= 11 is 22.9. The van der Waals surface area contributed by atoms with E-state index in [0.717, 1.165) is 37.5 Å². The zero-order chi connectivity index (χ0) is 15.6. The average Bonchev–Trinajstić information content (AvgIpc) is 2.39. The van der Waals surface area contributed by atoms with Crippen molar-refractivity contribution >= 4 is 63.7 Å². The van der Waals surface area contributed by atoms with Crippen molar-refractivity contribution in [2.75, 3.05) is 23.3 Å². The first-order valence-electron chi connectivity index (χ1n) is 6.70. The summed E-state index contributed by atoms with van der Waals surface area (Å²) in [6.07, 6.45) is 2.31. The molecule has 1 aliphatic heterocycles. The maximum atomic E-state index is 11.6. The Hall–Kier alpha value is -0.350. The van der Waals surface area contributed by atoms with Crippen molar-refractivity contribution < 1.29 is 4.79 Å². The summed E-state index contributed by atoms with van der Waals surface area (Å²) in [4.78, 5) is 13.9. The van der Waals surface area contributed by atoms with E-state index in [1.54, 1.807) is 12.1 Å². The number of carbonyl (C=O) groups excluding carboxylic acids is 1. The van der Waals surface area contributed by atoms with Gasteiger partial charge in [0, 0.05) is 18.8 Å². The summed E-state index contributed by atoms with van der Waals surface area (Å²) in [6, 6.07) is 5.31. The maximum absolute atomic E-state index is 11.6. The van der Waals surface area contributed by atoms with Crippen LogP contribution < -0.4 is 10.2 Å². The van der Waals surface area contributed by atoms with Crippen LogP contribution in [0.15, 0.2) is 18.2 Å². The fourth-order valence-electron chi connectivity index (χ4n) is 2.29. The molecule has 1 amide bonds. The molecule has 0 bridgehead atoms. The minimum absolute atomic E-state index is 0.505. The van der Waals surface area contributed by atoms with E-state index in [-0.39, 0.29) is 0 Å². The van der Waals surface area contributed by atoms with E-state index >= 15 is 0 Å². The average molecular weight is 370 g/mol. The molecule has 1 N–H and O–H groups in total. The van der Waals surface area contributed by atoms with Crippen LogP contribution >= 0.6 is 46.4 Å². The number of amides is 1. The summed E-state index contributed by atoms with van der Waals surface area (Å²) in [7, 11) is 0. The Morgan fingerprint density at radius 2 is 1.90 bits per heavy atom. The monoisotopic (exact) mass is 368 g/mol. The first-order valence-corrected chi connectivity index (χ1v) is 8.21. The molecule has 116 valence electrons. The zero-order valence-corrected chi connectivity index (χ0v) is 14.5. The number of benzene rings is 1. The molecule has 0 spiro atoms. The lowest BCUT2D eigenvalue weighted by Gasteiger charge is -2.32. The van der Waals surface area contributed by atoms with E-state index in [1.807, 2.05) is 6.07 Å². The third kappa shape index (κ3) is 4.56. The molecule has 1 aliphatic rings. The number of carbonyl (C=O) groups is 1. The van der Waals surface area contributed by atoms with Crippen LogP contribution in [-0.2, 0) is 4.79 Å². The van der Waals surface area contributed by atoms with Gasteiger partial charge in [0.1, 0.15) is 0 Å². The molecule has 0 aliphatic carbocycles. The minimum Gasteiger partial charge on any atom is -0.370 e. The first kappa shape index (κ1) is 17.0. The van der Waals surface area contributed by atoms with Crippen molar-refractivity contribution in [1.82, 2.24) is 0 Å². The Morgan fingerprint density at radius 1 is 1.29 bits per heavy atom. The van der Waals surface area contributed by atoms with Gasteiger partial charge in [0.2, 0.25) is 0 Å². The van der Waals surface area contributed by atoms with Crippen molar-refractivity contribution in [3.8, 4) is 0 Å². The number of hydrogen-bond donors (Lipinski definition) is 1. The van der Waals surface area contributed by atoms with Crippen LogP contribution in [0, 0.1) is 5.92 Å². The number of anilines is 2. The smallest absolute Gasteiger partial charge is 0.276 e. The summed E-state index contributed by atoms with van der Waals surface area (Å²) in [5.74, 6) is 0.0472. The van der Waals surface area contributed by atoms with Gasteiger partial charge in [-0.05, 0) is 37.0 Å². The van der Waals surface area contributed by atoms with Gasteiger partial charge < -0.3 is 10.2 Å². The van der Waals surface area contributed by atoms with Crippen LogP contribution in [0.2, 0.25) is 5.02 Å². The fraction of sp³-hybridized carbons (Fsp3) is 0.500. The predicted molar refractivity (Wildman–Crippen MR) is 91.0 cm³/mol. The van der Waals surface area contributed by atoms with Crippen molar-refractivity contribution in [3.05, 3.63) is 23.2 Å². The summed E-state index contributed by atoms with van der Waals surface area (Å²) < 4.78 is -1.99. The van der Waals surface area contributed by atoms with Crippen LogP contribution in [0.1, 0.15) is 19.8 Å². The highest BCUT2D eigenvalue weighted by molar-refractivity contribution is 6.76. The minimum atomic E-state index is -1.99. The van der Waals surface area contributed by atoms with E-state index in [9.17, 15) is 4.79 Å². The number of halogens is 4. The van der Waals surface area contributed by atoms with Crippen molar-refractivity contribution in [1.29, 1.82) is 0 Å². The highest BCUT2D eigenvalue weighted by Gasteiger charge is 2.30. The lowest BCUT2D eigenvalue weighted by atomic mass is 9.99. The van der Waals surface area contributed by atoms with E-state index in [1.165, 1.54) is 0 Å². The zero-order valence-electron chi connectivity index (χ0n) is 11.5. The summed E-state index contributed by atoms with van der Waals surface area (Å²) in [5.41, 5.74) is 1.47. The van der Waals surface area contributed by atoms with Gasteiger partial charge in [0.15, 0.2) is 0 Å². The molecular weight excluding hydrogens is 354 g/mol. The number of rotatable bonds is 2. The van der Waals surface area contributed by atoms with Crippen molar-refractivity contribution in [2.45, 2.75) is 23.6 Å². The second-order valence-corrected chi connectivity index (χ2v) is 7.98. The molecule has 1 aromatic rings. The van der Waals surface area contributed by atoms with E-state index < -0.39 is 9.70 Å². The molecular formula is C14H16Cl4N2O. The quantitative estimate of drug-likeness (QED) is 0.753. The molecule has 0 unspecified atom stereocenters. The normalized spacial score (nSPS) is 16.9. The molecule has 1 fully saturated rings. The molecule has 0 saturated carbocycles. The van der Waals surface area contributed by atoms with Gasteiger partial charge >= 0.3 is 0 Å². The van der Waals surface area contributed by atoms with Gasteiger partial charge in [-0.3, -0.25) is 4.79 Å². The highest BCUT2D eigenvalue weighted by Crippen LogP contribution is 2.33. The summed E-state index contributed by atoms with van der Waals surface area (Å²) in [5, 5.41) is 3.10. The largest absolute Gasteiger partial charge is 0.370 e. The van der Waals surface area contributed by atoms with Crippen LogP contribution in [0.4, 0.5) is 11.4 Å². The Bertz CT molecular complexity index is 522. The molecule has 21 heavy (non-hydrogen) atoms. The number of hydrogen-bond acceptors (Lipinski definition) is 2. The molecule has 1 heterocycles. The Balaban J connectivity index is 2.09. The molecule has 2 rings (SSSR count). The molecule has 3 nitrogen and oxygen atoms in total. The lowest BCUT2D eigenvalue weighted by molar-refractivity contribution is -0.115. The third-order valence-corrected chi connectivity index (χ3v) is 4.40. The lowest BCUT2D eigenvalue weighted by Crippen LogP contribution is -2.33. The SMILES string of the molecule is CC1CCN(c2ccc(NC(=O)C(Cl)(Cl)Cl)cc2Cl)CC1. The highest BCUT2D eigenvalue weighted by atomic mass is 35.6. The second-order valence-electron chi connectivity index (χ2n) is 5.29.